The van der Waals surface area contributed by atoms with E-state index in [1.807, 2.05) is 7.05 Å². The minimum atomic E-state index is 0.555. The summed E-state index contributed by atoms with van der Waals surface area (Å²) in [5.74, 6) is 1.54. The minimum Gasteiger partial charge on any atom is -0.494 e. The lowest BCUT2D eigenvalue weighted by Crippen LogP contribution is -2.42. The van der Waals surface area contributed by atoms with Crippen LogP contribution in [0.1, 0.15) is 25.7 Å². The van der Waals surface area contributed by atoms with E-state index in [2.05, 4.69) is 20.2 Å². The molecule has 1 atom stereocenters. The van der Waals surface area contributed by atoms with E-state index in [1.54, 1.807) is 19.5 Å². The van der Waals surface area contributed by atoms with Gasteiger partial charge in [0.2, 0.25) is 5.95 Å². The molecule has 1 aromatic rings. The summed E-state index contributed by atoms with van der Waals surface area (Å²) < 4.78 is 5.09. The number of hydrogen-bond donors (Lipinski definition) is 1. The molecule has 5 nitrogen and oxygen atoms in total. The SMILES string of the molecule is CNCCC1CCCCN1c1ncc(OC)cn1. The van der Waals surface area contributed by atoms with Crippen LogP contribution in [0, 0.1) is 0 Å². The Kier molecular flexibility index (Phi) is 4.75. The summed E-state index contributed by atoms with van der Waals surface area (Å²) >= 11 is 0. The van der Waals surface area contributed by atoms with Crippen LogP contribution in [0.2, 0.25) is 0 Å². The average Bonchev–Trinajstić information content (AvgIpc) is 2.45. The van der Waals surface area contributed by atoms with Crippen molar-refractivity contribution in [2.75, 3.05) is 32.1 Å². The molecule has 0 saturated carbocycles. The number of hydrogen-bond acceptors (Lipinski definition) is 5. The molecule has 100 valence electrons. The maximum atomic E-state index is 5.09. The van der Waals surface area contributed by atoms with Crippen molar-refractivity contribution < 1.29 is 4.74 Å². The molecule has 0 amide bonds. The Morgan fingerprint density at radius 3 is 2.83 bits per heavy atom. The van der Waals surface area contributed by atoms with Crippen LogP contribution in [-0.4, -0.2) is 43.3 Å². The van der Waals surface area contributed by atoms with Gasteiger partial charge in [0.15, 0.2) is 5.75 Å². The highest BCUT2D eigenvalue weighted by Crippen LogP contribution is 2.24. The molecule has 0 bridgehead atoms. The Bertz CT molecular complexity index is 355. The molecule has 1 saturated heterocycles. The van der Waals surface area contributed by atoms with Gasteiger partial charge >= 0.3 is 0 Å². The smallest absolute Gasteiger partial charge is 0.225 e. The van der Waals surface area contributed by atoms with Crippen molar-refractivity contribution >= 4 is 5.95 Å². The lowest BCUT2D eigenvalue weighted by atomic mass is 10.00. The van der Waals surface area contributed by atoms with Crippen molar-refractivity contribution in [2.24, 2.45) is 0 Å². The predicted molar refractivity (Wildman–Crippen MR) is 72.1 cm³/mol. The zero-order valence-corrected chi connectivity index (χ0v) is 11.2. The van der Waals surface area contributed by atoms with E-state index in [0.717, 1.165) is 25.5 Å². The highest BCUT2D eigenvalue weighted by Gasteiger charge is 2.23. The van der Waals surface area contributed by atoms with Crippen molar-refractivity contribution in [1.82, 2.24) is 15.3 Å². The van der Waals surface area contributed by atoms with Gasteiger partial charge in [-0.1, -0.05) is 0 Å². The Labute approximate surface area is 109 Å². The molecule has 1 aromatic heterocycles. The van der Waals surface area contributed by atoms with Crippen molar-refractivity contribution in [3.63, 3.8) is 0 Å². The zero-order chi connectivity index (χ0) is 12.8. The maximum absolute atomic E-state index is 5.09. The number of anilines is 1. The van der Waals surface area contributed by atoms with E-state index < -0.39 is 0 Å². The van der Waals surface area contributed by atoms with Crippen molar-refractivity contribution in [1.29, 1.82) is 0 Å². The first kappa shape index (κ1) is 13.1. The highest BCUT2D eigenvalue weighted by molar-refractivity contribution is 5.33. The number of nitrogens with one attached hydrogen (secondary N) is 1. The number of piperidine rings is 1. The molecule has 2 heterocycles. The Balaban J connectivity index is 2.06. The fourth-order valence-corrected chi connectivity index (χ4v) is 2.44. The van der Waals surface area contributed by atoms with Gasteiger partial charge in [0.25, 0.3) is 0 Å². The summed E-state index contributed by atoms with van der Waals surface area (Å²) in [6, 6.07) is 0.555. The Morgan fingerprint density at radius 1 is 1.39 bits per heavy atom. The van der Waals surface area contributed by atoms with Crippen LogP contribution in [-0.2, 0) is 0 Å². The molecule has 1 aliphatic rings. The van der Waals surface area contributed by atoms with E-state index in [-0.39, 0.29) is 0 Å². The van der Waals surface area contributed by atoms with Crippen LogP contribution in [0.5, 0.6) is 5.75 Å². The predicted octanol–water partition coefficient (Wildman–Crippen LogP) is 1.45. The second-order valence-corrected chi connectivity index (χ2v) is 4.66. The molecule has 2 rings (SSSR count). The minimum absolute atomic E-state index is 0.555. The van der Waals surface area contributed by atoms with Crippen LogP contribution in [0.15, 0.2) is 12.4 Å². The molecule has 0 spiro atoms. The topological polar surface area (TPSA) is 50.3 Å². The molecule has 1 aliphatic heterocycles. The van der Waals surface area contributed by atoms with Gasteiger partial charge in [0.05, 0.1) is 19.5 Å². The summed E-state index contributed by atoms with van der Waals surface area (Å²) in [5.41, 5.74) is 0. The van der Waals surface area contributed by atoms with E-state index in [1.165, 1.54) is 19.3 Å². The molecule has 1 fully saturated rings. The van der Waals surface area contributed by atoms with Gasteiger partial charge in [0, 0.05) is 12.6 Å². The third kappa shape index (κ3) is 3.10. The number of ether oxygens (including phenoxy) is 1. The quantitative estimate of drug-likeness (QED) is 0.857. The molecule has 0 aromatic carbocycles. The van der Waals surface area contributed by atoms with Crippen LogP contribution in [0.3, 0.4) is 0 Å². The highest BCUT2D eigenvalue weighted by atomic mass is 16.5. The summed E-state index contributed by atoms with van der Waals surface area (Å²) in [6.07, 6.45) is 8.40. The molecule has 0 aliphatic carbocycles. The first-order chi connectivity index (χ1) is 8.85. The maximum Gasteiger partial charge on any atom is 0.225 e. The van der Waals surface area contributed by atoms with E-state index >= 15 is 0 Å². The van der Waals surface area contributed by atoms with Crippen LogP contribution in [0.4, 0.5) is 5.95 Å². The summed E-state index contributed by atoms with van der Waals surface area (Å²) in [5, 5.41) is 3.22. The van der Waals surface area contributed by atoms with Gasteiger partial charge in [-0.15, -0.1) is 0 Å². The lowest BCUT2D eigenvalue weighted by molar-refractivity contribution is 0.407. The summed E-state index contributed by atoms with van der Waals surface area (Å²) in [4.78, 5) is 11.1. The van der Waals surface area contributed by atoms with Crippen LogP contribution in [0.25, 0.3) is 0 Å². The summed E-state index contributed by atoms with van der Waals surface area (Å²) in [6.45, 7) is 2.10. The molecule has 18 heavy (non-hydrogen) atoms. The molecule has 1 unspecified atom stereocenters. The molecular formula is C13H22N4O. The van der Waals surface area contributed by atoms with E-state index in [4.69, 9.17) is 4.74 Å². The molecule has 1 N–H and O–H groups in total. The Hall–Kier alpha value is -1.36. The normalized spacial score (nSPS) is 19.9. The van der Waals surface area contributed by atoms with Gasteiger partial charge in [0.1, 0.15) is 0 Å². The average molecular weight is 250 g/mol. The van der Waals surface area contributed by atoms with Crippen LogP contribution < -0.4 is 15.0 Å². The number of aromatic nitrogens is 2. The number of methoxy groups -OCH3 is 1. The Morgan fingerprint density at radius 2 is 2.17 bits per heavy atom. The first-order valence-corrected chi connectivity index (χ1v) is 6.62. The molecular weight excluding hydrogens is 228 g/mol. The number of rotatable bonds is 5. The van der Waals surface area contributed by atoms with E-state index in [9.17, 15) is 0 Å². The second kappa shape index (κ2) is 6.54. The fraction of sp³-hybridized carbons (Fsp3) is 0.692. The zero-order valence-electron chi connectivity index (χ0n) is 11.2. The van der Waals surface area contributed by atoms with Crippen molar-refractivity contribution in [3.05, 3.63) is 12.4 Å². The summed E-state index contributed by atoms with van der Waals surface area (Å²) in [7, 11) is 3.63. The monoisotopic (exact) mass is 250 g/mol. The fourth-order valence-electron chi connectivity index (χ4n) is 2.44. The third-order valence-electron chi connectivity index (χ3n) is 3.46. The van der Waals surface area contributed by atoms with Crippen LogP contribution >= 0.6 is 0 Å². The van der Waals surface area contributed by atoms with E-state index in [0.29, 0.717) is 11.8 Å². The van der Waals surface area contributed by atoms with Crippen molar-refractivity contribution in [2.45, 2.75) is 31.7 Å². The lowest BCUT2D eigenvalue weighted by Gasteiger charge is -2.35. The molecule has 0 radical (unpaired) electrons. The molecule has 5 heteroatoms. The van der Waals surface area contributed by atoms with Gasteiger partial charge in [-0.2, -0.15) is 0 Å². The third-order valence-corrected chi connectivity index (χ3v) is 3.46. The second-order valence-electron chi connectivity index (χ2n) is 4.66. The first-order valence-electron chi connectivity index (χ1n) is 6.62. The van der Waals surface area contributed by atoms with Gasteiger partial charge in [-0.25, -0.2) is 9.97 Å². The van der Waals surface area contributed by atoms with Gasteiger partial charge in [-0.3, -0.25) is 0 Å². The largest absolute Gasteiger partial charge is 0.494 e. The number of nitrogens with zero attached hydrogens (tertiary/aromatic N) is 3. The van der Waals surface area contributed by atoms with Crippen molar-refractivity contribution in [3.8, 4) is 5.75 Å². The standard InChI is InChI=1S/C13H22N4O/c1-14-7-6-11-5-3-4-8-17(11)13-15-9-12(18-2)10-16-13/h9-11,14H,3-8H2,1-2H3. The van der Waals surface area contributed by atoms with Gasteiger partial charge in [-0.05, 0) is 39.3 Å². The van der Waals surface area contributed by atoms with Gasteiger partial charge < -0.3 is 15.0 Å².